The summed E-state index contributed by atoms with van der Waals surface area (Å²) in [6.45, 7) is 2.08. The first kappa shape index (κ1) is 15.6. The van der Waals surface area contributed by atoms with Crippen LogP contribution in [0.1, 0.15) is 36.9 Å². The van der Waals surface area contributed by atoms with Crippen LogP contribution in [0.3, 0.4) is 0 Å². The van der Waals surface area contributed by atoms with E-state index in [2.05, 4.69) is 6.92 Å². The van der Waals surface area contributed by atoms with Gasteiger partial charge in [0.25, 0.3) is 0 Å². The van der Waals surface area contributed by atoms with Gasteiger partial charge in [0.2, 0.25) is 0 Å². The molecule has 0 aromatic heterocycles. The Bertz CT molecular complexity index is 570. The quantitative estimate of drug-likeness (QED) is 0.826. The van der Waals surface area contributed by atoms with Crippen molar-refractivity contribution in [2.45, 2.75) is 32.0 Å². The lowest BCUT2D eigenvalue weighted by Gasteiger charge is -2.12. The van der Waals surface area contributed by atoms with E-state index in [1.54, 1.807) is 0 Å². The molecule has 2 rings (SSSR count). The standard InChI is InChI=1S/C17H18F3N/c1-2-3-16(21)14-6-4-12(5-7-14)13-8-10-15(11-9-13)17(18,19)20/h4-11,16H,2-3,21H2,1H3. The van der Waals surface area contributed by atoms with Crippen molar-refractivity contribution in [3.05, 3.63) is 59.7 Å². The summed E-state index contributed by atoms with van der Waals surface area (Å²) < 4.78 is 37.6. The van der Waals surface area contributed by atoms with Crippen LogP contribution in [0.2, 0.25) is 0 Å². The van der Waals surface area contributed by atoms with Crippen LogP contribution in [0.25, 0.3) is 11.1 Å². The summed E-state index contributed by atoms with van der Waals surface area (Å²) in [6.07, 6.45) is -2.36. The maximum absolute atomic E-state index is 12.5. The van der Waals surface area contributed by atoms with Crippen LogP contribution < -0.4 is 5.73 Å². The number of nitrogens with two attached hydrogens (primary N) is 1. The SMILES string of the molecule is CCCC(N)c1ccc(-c2ccc(C(F)(F)F)cc2)cc1. The zero-order valence-electron chi connectivity index (χ0n) is 11.8. The highest BCUT2D eigenvalue weighted by Crippen LogP contribution is 2.31. The van der Waals surface area contributed by atoms with Crippen molar-refractivity contribution < 1.29 is 13.2 Å². The zero-order chi connectivity index (χ0) is 15.5. The summed E-state index contributed by atoms with van der Waals surface area (Å²) in [7, 11) is 0. The van der Waals surface area contributed by atoms with Crippen LogP contribution in [-0.4, -0.2) is 0 Å². The molecule has 0 aliphatic rings. The highest BCUT2D eigenvalue weighted by molar-refractivity contribution is 5.64. The lowest BCUT2D eigenvalue weighted by Crippen LogP contribution is -2.09. The molecule has 0 amide bonds. The van der Waals surface area contributed by atoms with Crippen molar-refractivity contribution in [3.8, 4) is 11.1 Å². The number of rotatable bonds is 4. The van der Waals surface area contributed by atoms with Crippen molar-refractivity contribution in [1.82, 2.24) is 0 Å². The average Bonchev–Trinajstić information content (AvgIpc) is 2.47. The lowest BCUT2D eigenvalue weighted by molar-refractivity contribution is -0.137. The van der Waals surface area contributed by atoms with E-state index < -0.39 is 11.7 Å². The monoisotopic (exact) mass is 293 g/mol. The second-order valence-electron chi connectivity index (χ2n) is 5.09. The Morgan fingerprint density at radius 2 is 1.38 bits per heavy atom. The van der Waals surface area contributed by atoms with Gasteiger partial charge in [-0.05, 0) is 35.2 Å². The van der Waals surface area contributed by atoms with Crippen LogP contribution in [0, 0.1) is 0 Å². The molecule has 0 fully saturated rings. The Labute approximate surface area is 122 Å². The highest BCUT2D eigenvalue weighted by atomic mass is 19.4. The van der Waals surface area contributed by atoms with Gasteiger partial charge >= 0.3 is 6.18 Å². The van der Waals surface area contributed by atoms with Crippen LogP contribution in [0.15, 0.2) is 48.5 Å². The summed E-state index contributed by atoms with van der Waals surface area (Å²) in [5.41, 5.74) is 8.10. The molecule has 1 unspecified atom stereocenters. The summed E-state index contributed by atoms with van der Waals surface area (Å²) in [5.74, 6) is 0. The Morgan fingerprint density at radius 1 is 0.905 bits per heavy atom. The Balaban J connectivity index is 2.19. The molecule has 2 N–H and O–H groups in total. The molecule has 2 aromatic rings. The second kappa shape index (κ2) is 6.31. The van der Waals surface area contributed by atoms with E-state index >= 15 is 0 Å². The average molecular weight is 293 g/mol. The van der Waals surface area contributed by atoms with Gasteiger partial charge in [0.1, 0.15) is 0 Å². The summed E-state index contributed by atoms with van der Waals surface area (Å²) in [6, 6.07) is 12.9. The van der Waals surface area contributed by atoms with E-state index in [4.69, 9.17) is 5.73 Å². The maximum atomic E-state index is 12.5. The Morgan fingerprint density at radius 3 is 1.81 bits per heavy atom. The molecule has 0 saturated heterocycles. The Kier molecular flexibility index (Phi) is 4.68. The molecule has 0 aliphatic heterocycles. The topological polar surface area (TPSA) is 26.0 Å². The first-order valence-electron chi connectivity index (χ1n) is 6.95. The molecule has 0 heterocycles. The van der Waals surface area contributed by atoms with Crippen LogP contribution >= 0.6 is 0 Å². The van der Waals surface area contributed by atoms with Crippen molar-refractivity contribution in [2.24, 2.45) is 5.73 Å². The van der Waals surface area contributed by atoms with Gasteiger partial charge in [-0.15, -0.1) is 0 Å². The van der Waals surface area contributed by atoms with Crippen molar-refractivity contribution in [2.75, 3.05) is 0 Å². The summed E-state index contributed by atoms with van der Waals surface area (Å²) in [5, 5.41) is 0. The van der Waals surface area contributed by atoms with E-state index in [0.717, 1.165) is 41.7 Å². The third kappa shape index (κ3) is 3.85. The molecule has 0 radical (unpaired) electrons. The minimum atomic E-state index is -4.30. The fourth-order valence-electron chi connectivity index (χ4n) is 2.25. The van der Waals surface area contributed by atoms with Crippen LogP contribution in [0.5, 0.6) is 0 Å². The van der Waals surface area contributed by atoms with Gasteiger partial charge in [0, 0.05) is 6.04 Å². The highest BCUT2D eigenvalue weighted by Gasteiger charge is 2.29. The molecular weight excluding hydrogens is 275 g/mol. The number of halogens is 3. The minimum absolute atomic E-state index is 0.0108. The van der Waals surface area contributed by atoms with Crippen LogP contribution in [-0.2, 0) is 6.18 Å². The molecule has 0 spiro atoms. The molecule has 0 saturated carbocycles. The zero-order valence-corrected chi connectivity index (χ0v) is 11.8. The van der Waals surface area contributed by atoms with Crippen molar-refractivity contribution >= 4 is 0 Å². The molecule has 4 heteroatoms. The third-order valence-corrected chi connectivity index (χ3v) is 3.48. The molecule has 112 valence electrons. The van der Waals surface area contributed by atoms with Crippen LogP contribution in [0.4, 0.5) is 13.2 Å². The van der Waals surface area contributed by atoms with Crippen molar-refractivity contribution in [3.63, 3.8) is 0 Å². The number of hydrogen-bond donors (Lipinski definition) is 1. The molecule has 0 aliphatic carbocycles. The largest absolute Gasteiger partial charge is 0.416 e. The smallest absolute Gasteiger partial charge is 0.324 e. The van der Waals surface area contributed by atoms with E-state index in [-0.39, 0.29) is 6.04 Å². The van der Waals surface area contributed by atoms with E-state index in [1.807, 2.05) is 24.3 Å². The van der Waals surface area contributed by atoms with Gasteiger partial charge in [-0.1, -0.05) is 49.7 Å². The van der Waals surface area contributed by atoms with Gasteiger partial charge in [-0.25, -0.2) is 0 Å². The fourth-order valence-corrected chi connectivity index (χ4v) is 2.25. The maximum Gasteiger partial charge on any atom is 0.416 e. The van der Waals surface area contributed by atoms with Gasteiger partial charge in [0.05, 0.1) is 5.56 Å². The third-order valence-electron chi connectivity index (χ3n) is 3.48. The predicted octanol–water partition coefficient (Wildman–Crippen LogP) is 5.17. The van der Waals surface area contributed by atoms with Gasteiger partial charge < -0.3 is 5.73 Å². The van der Waals surface area contributed by atoms with Crippen molar-refractivity contribution in [1.29, 1.82) is 0 Å². The lowest BCUT2D eigenvalue weighted by atomic mass is 9.98. The van der Waals surface area contributed by atoms with E-state index in [9.17, 15) is 13.2 Å². The van der Waals surface area contributed by atoms with Gasteiger partial charge in [-0.3, -0.25) is 0 Å². The molecule has 2 aromatic carbocycles. The summed E-state index contributed by atoms with van der Waals surface area (Å²) >= 11 is 0. The fraction of sp³-hybridized carbons (Fsp3) is 0.294. The van der Waals surface area contributed by atoms with E-state index in [1.165, 1.54) is 12.1 Å². The van der Waals surface area contributed by atoms with Gasteiger partial charge in [0.15, 0.2) is 0 Å². The molecular formula is C17H18F3N. The first-order valence-corrected chi connectivity index (χ1v) is 6.95. The molecule has 0 bridgehead atoms. The van der Waals surface area contributed by atoms with E-state index in [0.29, 0.717) is 0 Å². The number of benzene rings is 2. The first-order chi connectivity index (χ1) is 9.91. The Hall–Kier alpha value is -1.81. The number of alkyl halides is 3. The summed E-state index contributed by atoms with van der Waals surface area (Å²) in [4.78, 5) is 0. The van der Waals surface area contributed by atoms with Gasteiger partial charge in [-0.2, -0.15) is 13.2 Å². The molecule has 1 nitrogen and oxygen atoms in total. The predicted molar refractivity (Wildman–Crippen MR) is 78.7 cm³/mol. The molecule has 1 atom stereocenters. The normalized spacial score (nSPS) is 13.2. The minimum Gasteiger partial charge on any atom is -0.324 e. The number of hydrogen-bond acceptors (Lipinski definition) is 1. The molecule has 21 heavy (non-hydrogen) atoms. The second-order valence-corrected chi connectivity index (χ2v) is 5.09.